The Hall–Kier alpha value is -3.84. The number of rotatable bonds is 4. The third kappa shape index (κ3) is 3.60. The minimum absolute atomic E-state index is 0.112. The van der Waals surface area contributed by atoms with Crippen molar-refractivity contribution in [3.8, 4) is 22.9 Å². The lowest BCUT2D eigenvalue weighted by Gasteiger charge is -2.09. The summed E-state index contributed by atoms with van der Waals surface area (Å²) in [7, 11) is 0. The van der Waals surface area contributed by atoms with E-state index in [4.69, 9.17) is 9.52 Å². The molecule has 7 heteroatoms. The summed E-state index contributed by atoms with van der Waals surface area (Å²) in [5.74, 6) is 0.915. The number of nitrogens with zero attached hydrogens (tertiary/aromatic N) is 3. The second-order valence-corrected chi connectivity index (χ2v) is 8.88. The van der Waals surface area contributed by atoms with Crippen molar-refractivity contribution in [3.63, 3.8) is 0 Å². The number of aromatic nitrogens is 2. The van der Waals surface area contributed by atoms with Crippen LogP contribution in [0.2, 0.25) is 0 Å². The van der Waals surface area contributed by atoms with Crippen LogP contribution in [0, 0.1) is 0 Å². The first-order chi connectivity index (χ1) is 16.2. The molecule has 5 aromatic rings. The van der Waals surface area contributed by atoms with E-state index in [0.29, 0.717) is 17.7 Å². The maximum atomic E-state index is 10.4. The van der Waals surface area contributed by atoms with Gasteiger partial charge < -0.3 is 14.9 Å². The van der Waals surface area contributed by atoms with Crippen molar-refractivity contribution in [1.82, 2.24) is 15.2 Å². The van der Waals surface area contributed by atoms with Crippen LogP contribution in [0.15, 0.2) is 99.1 Å². The molecule has 1 aliphatic heterocycles. The molecule has 0 saturated heterocycles. The van der Waals surface area contributed by atoms with Gasteiger partial charge in [0.1, 0.15) is 17.0 Å². The highest BCUT2D eigenvalue weighted by molar-refractivity contribution is 9.10. The molecule has 0 amide bonds. The van der Waals surface area contributed by atoms with Crippen molar-refractivity contribution < 1.29 is 9.52 Å². The summed E-state index contributed by atoms with van der Waals surface area (Å²) < 4.78 is 8.92. The zero-order chi connectivity index (χ0) is 22.4. The number of furan rings is 1. The highest BCUT2D eigenvalue weighted by atomic mass is 79.9. The Morgan fingerprint density at radius 2 is 1.82 bits per heavy atom. The number of para-hydroxylation sites is 2. The van der Waals surface area contributed by atoms with Crippen LogP contribution in [-0.2, 0) is 0 Å². The van der Waals surface area contributed by atoms with Crippen molar-refractivity contribution >= 4 is 32.6 Å². The molecule has 1 atom stereocenters. The molecular weight excluding hydrogens is 480 g/mol. The number of hydrogen-bond donors (Lipinski definition) is 2. The lowest BCUT2D eigenvalue weighted by Crippen LogP contribution is -2.10. The number of hydrogen-bond acceptors (Lipinski definition) is 5. The number of benzene rings is 3. The van der Waals surface area contributed by atoms with Crippen LogP contribution >= 0.6 is 15.9 Å². The predicted octanol–water partition coefficient (Wildman–Crippen LogP) is 6.19. The Kier molecular flexibility index (Phi) is 4.77. The molecule has 6 nitrogen and oxygen atoms in total. The topological polar surface area (TPSA) is 75.6 Å². The van der Waals surface area contributed by atoms with Crippen LogP contribution in [0.1, 0.15) is 23.6 Å². The van der Waals surface area contributed by atoms with E-state index in [-0.39, 0.29) is 11.8 Å². The van der Waals surface area contributed by atoms with Crippen LogP contribution in [-0.4, -0.2) is 20.6 Å². The molecule has 0 fully saturated rings. The first kappa shape index (κ1) is 19.8. The molecule has 0 saturated carbocycles. The standard InChI is InChI=1S/C26H19BrN4O2/c27-17-10-11-23(32)19(13-17)21-14-22(29-28-21)20-15-31(18-7-2-1-3-8-18)30-26(20)25-12-16-6-4-5-9-24(16)33-25/h1-13,15,22,29,32H,14H2. The Labute approximate surface area is 198 Å². The number of halogens is 1. The number of hydrazone groups is 1. The van der Waals surface area contributed by atoms with Crippen LogP contribution in [0.3, 0.4) is 0 Å². The van der Waals surface area contributed by atoms with Crippen LogP contribution in [0.25, 0.3) is 28.1 Å². The second kappa shape index (κ2) is 7.94. The monoisotopic (exact) mass is 498 g/mol. The second-order valence-electron chi connectivity index (χ2n) is 7.97. The fourth-order valence-corrected chi connectivity index (χ4v) is 4.54. The van der Waals surface area contributed by atoms with Gasteiger partial charge in [0.25, 0.3) is 0 Å². The fraction of sp³-hybridized carbons (Fsp3) is 0.0769. The molecule has 3 heterocycles. The van der Waals surface area contributed by atoms with Crippen molar-refractivity contribution in [1.29, 1.82) is 0 Å². The fourth-order valence-electron chi connectivity index (χ4n) is 4.17. The minimum Gasteiger partial charge on any atom is -0.507 e. The van der Waals surface area contributed by atoms with Gasteiger partial charge in [-0.2, -0.15) is 10.2 Å². The third-order valence-electron chi connectivity index (χ3n) is 5.82. The minimum atomic E-state index is -0.112. The zero-order valence-corrected chi connectivity index (χ0v) is 19.0. The molecule has 0 radical (unpaired) electrons. The average Bonchev–Trinajstić information content (AvgIpc) is 3.58. The largest absolute Gasteiger partial charge is 0.507 e. The predicted molar refractivity (Wildman–Crippen MR) is 132 cm³/mol. The summed E-state index contributed by atoms with van der Waals surface area (Å²) in [6, 6.07) is 25.2. The number of phenolic OH excluding ortho intramolecular Hbond substituents is 1. The summed E-state index contributed by atoms with van der Waals surface area (Å²) in [6.45, 7) is 0. The Morgan fingerprint density at radius 3 is 2.67 bits per heavy atom. The number of nitrogens with one attached hydrogen (secondary N) is 1. The molecule has 33 heavy (non-hydrogen) atoms. The summed E-state index contributed by atoms with van der Waals surface area (Å²) >= 11 is 3.48. The van der Waals surface area contributed by atoms with E-state index in [9.17, 15) is 5.11 Å². The van der Waals surface area contributed by atoms with Gasteiger partial charge in [-0.25, -0.2) is 4.68 Å². The molecular formula is C26H19BrN4O2. The maximum Gasteiger partial charge on any atom is 0.156 e. The first-order valence-electron chi connectivity index (χ1n) is 10.6. The summed E-state index contributed by atoms with van der Waals surface area (Å²) in [6.07, 6.45) is 2.63. The molecule has 6 rings (SSSR count). The summed E-state index contributed by atoms with van der Waals surface area (Å²) in [5, 5.41) is 20.8. The number of aromatic hydroxyl groups is 1. The molecule has 3 aromatic carbocycles. The van der Waals surface area contributed by atoms with Gasteiger partial charge in [0.2, 0.25) is 0 Å². The van der Waals surface area contributed by atoms with E-state index in [1.807, 2.05) is 83.7 Å². The molecule has 2 aromatic heterocycles. The van der Waals surface area contributed by atoms with Crippen molar-refractivity contribution in [2.45, 2.75) is 12.5 Å². The van der Waals surface area contributed by atoms with E-state index in [1.54, 1.807) is 6.07 Å². The quantitative estimate of drug-likeness (QED) is 0.309. The lowest BCUT2D eigenvalue weighted by molar-refractivity contribution is 0.474. The highest BCUT2D eigenvalue weighted by Crippen LogP contribution is 2.36. The smallest absolute Gasteiger partial charge is 0.156 e. The van der Waals surface area contributed by atoms with Crippen molar-refractivity contribution in [2.75, 3.05) is 0 Å². The highest BCUT2D eigenvalue weighted by Gasteiger charge is 2.29. The van der Waals surface area contributed by atoms with E-state index in [0.717, 1.165) is 38.1 Å². The van der Waals surface area contributed by atoms with Crippen LogP contribution in [0.5, 0.6) is 5.75 Å². The molecule has 0 aliphatic carbocycles. The SMILES string of the molecule is Oc1ccc(Br)cc1C1=NNC(c2cn(-c3ccccc3)nc2-c2cc3ccccc3o2)C1. The Bertz CT molecular complexity index is 1470. The van der Waals surface area contributed by atoms with Gasteiger partial charge in [0.05, 0.1) is 17.4 Å². The molecule has 1 aliphatic rings. The summed E-state index contributed by atoms with van der Waals surface area (Å²) in [5.41, 5.74) is 8.27. The van der Waals surface area contributed by atoms with Gasteiger partial charge >= 0.3 is 0 Å². The summed E-state index contributed by atoms with van der Waals surface area (Å²) in [4.78, 5) is 0. The maximum absolute atomic E-state index is 10.4. The Morgan fingerprint density at radius 1 is 1.00 bits per heavy atom. The average molecular weight is 499 g/mol. The van der Waals surface area contributed by atoms with Crippen molar-refractivity contribution in [3.05, 3.63) is 101 Å². The van der Waals surface area contributed by atoms with Crippen LogP contribution in [0.4, 0.5) is 0 Å². The Balaban J connectivity index is 1.42. The number of fused-ring (bicyclic) bond motifs is 1. The lowest BCUT2D eigenvalue weighted by atomic mass is 9.98. The van der Waals surface area contributed by atoms with E-state index in [2.05, 4.69) is 26.5 Å². The van der Waals surface area contributed by atoms with Gasteiger partial charge in [-0.15, -0.1) is 0 Å². The zero-order valence-electron chi connectivity index (χ0n) is 17.4. The van der Waals surface area contributed by atoms with Crippen molar-refractivity contribution in [2.24, 2.45) is 5.10 Å². The normalized spacial score (nSPS) is 15.5. The third-order valence-corrected chi connectivity index (χ3v) is 6.31. The van der Waals surface area contributed by atoms with Crippen LogP contribution < -0.4 is 5.43 Å². The first-order valence-corrected chi connectivity index (χ1v) is 11.4. The molecule has 2 N–H and O–H groups in total. The molecule has 1 unspecified atom stereocenters. The molecule has 0 spiro atoms. The van der Waals surface area contributed by atoms with Gasteiger partial charge in [-0.05, 0) is 42.5 Å². The van der Waals surface area contributed by atoms with Gasteiger partial charge in [-0.1, -0.05) is 52.3 Å². The van der Waals surface area contributed by atoms with E-state index >= 15 is 0 Å². The van der Waals surface area contributed by atoms with Gasteiger partial charge in [0.15, 0.2) is 5.76 Å². The molecule has 0 bridgehead atoms. The van der Waals surface area contributed by atoms with Gasteiger partial charge in [-0.3, -0.25) is 0 Å². The van der Waals surface area contributed by atoms with E-state index < -0.39 is 0 Å². The van der Waals surface area contributed by atoms with E-state index in [1.165, 1.54) is 0 Å². The molecule has 162 valence electrons. The van der Waals surface area contributed by atoms with Gasteiger partial charge in [0, 0.05) is 33.6 Å². The number of phenols is 1.